The number of nitrogens with zero attached hydrogens (tertiary/aromatic N) is 2. The van der Waals surface area contributed by atoms with Crippen molar-refractivity contribution >= 4 is 34.0 Å². The smallest absolute Gasteiger partial charge is 0.259 e. The zero-order valence-corrected chi connectivity index (χ0v) is 13.1. The van der Waals surface area contributed by atoms with Crippen LogP contribution in [0.1, 0.15) is 19.8 Å². The number of piperidine rings is 1. The Bertz CT molecular complexity index is 512. The number of hydrogen-bond acceptors (Lipinski definition) is 4. The molecule has 2 rings (SSSR count). The Hall–Kier alpha value is -0.340. The normalized spacial score (nSPS) is 23.9. The summed E-state index contributed by atoms with van der Waals surface area (Å²) in [4.78, 5) is 0. The summed E-state index contributed by atoms with van der Waals surface area (Å²) in [7, 11) is -2.07. The third-order valence-electron chi connectivity index (χ3n) is 3.17. The van der Waals surface area contributed by atoms with Crippen LogP contribution in [0.5, 0.6) is 0 Å². The lowest BCUT2D eigenvalue weighted by Crippen LogP contribution is -2.52. The SMILES string of the molecule is CC1NCCCC1NS(=O)(=O)c1c(Cl)cnn1C.Cl. The fraction of sp³-hybridized carbons (Fsp3) is 0.700. The van der Waals surface area contributed by atoms with Crippen molar-refractivity contribution in [3.05, 3.63) is 11.2 Å². The highest BCUT2D eigenvalue weighted by atomic mass is 35.5. The average molecular weight is 329 g/mol. The highest BCUT2D eigenvalue weighted by Crippen LogP contribution is 2.21. The van der Waals surface area contributed by atoms with Crippen molar-refractivity contribution in [3.63, 3.8) is 0 Å². The summed E-state index contributed by atoms with van der Waals surface area (Å²) in [6.07, 6.45) is 3.11. The second-order valence-corrected chi connectivity index (χ2v) is 6.57. The Morgan fingerprint density at radius 3 is 2.79 bits per heavy atom. The fourth-order valence-electron chi connectivity index (χ4n) is 2.16. The van der Waals surface area contributed by atoms with E-state index in [4.69, 9.17) is 11.6 Å². The monoisotopic (exact) mass is 328 g/mol. The predicted molar refractivity (Wildman–Crippen MR) is 76.3 cm³/mol. The molecule has 0 saturated carbocycles. The lowest BCUT2D eigenvalue weighted by Gasteiger charge is -2.30. The quantitative estimate of drug-likeness (QED) is 0.864. The van der Waals surface area contributed by atoms with Gasteiger partial charge in [0.1, 0.15) is 0 Å². The second-order valence-electron chi connectivity index (χ2n) is 4.53. The summed E-state index contributed by atoms with van der Waals surface area (Å²) in [5.74, 6) is 0. The van der Waals surface area contributed by atoms with Crippen LogP contribution in [0.4, 0.5) is 0 Å². The van der Waals surface area contributed by atoms with Crippen molar-refractivity contribution in [2.45, 2.75) is 36.9 Å². The minimum Gasteiger partial charge on any atom is -0.313 e. The third-order valence-corrected chi connectivity index (χ3v) is 5.16. The van der Waals surface area contributed by atoms with Gasteiger partial charge in [-0.05, 0) is 26.3 Å². The van der Waals surface area contributed by atoms with Crippen LogP contribution in [0.15, 0.2) is 11.2 Å². The molecule has 9 heteroatoms. The standard InChI is InChI=1S/C10H17ClN4O2S.ClH/c1-7-9(4-3-5-12-7)14-18(16,17)10-8(11)6-13-15(10)2;/h6-7,9,12,14H,3-5H2,1-2H3;1H. The van der Waals surface area contributed by atoms with Gasteiger partial charge in [-0.3, -0.25) is 4.68 Å². The maximum absolute atomic E-state index is 12.3. The van der Waals surface area contributed by atoms with E-state index in [0.717, 1.165) is 19.4 Å². The number of nitrogens with one attached hydrogen (secondary N) is 2. The number of halogens is 2. The van der Waals surface area contributed by atoms with Crippen molar-refractivity contribution in [3.8, 4) is 0 Å². The van der Waals surface area contributed by atoms with E-state index in [1.165, 1.54) is 10.9 Å². The molecule has 2 unspecified atom stereocenters. The summed E-state index contributed by atoms with van der Waals surface area (Å²) in [5, 5.41) is 7.25. The average Bonchev–Trinajstić information content (AvgIpc) is 2.62. The van der Waals surface area contributed by atoms with Gasteiger partial charge in [-0.2, -0.15) is 5.10 Å². The van der Waals surface area contributed by atoms with E-state index in [-0.39, 0.29) is 34.5 Å². The van der Waals surface area contributed by atoms with Gasteiger partial charge in [0.2, 0.25) is 0 Å². The van der Waals surface area contributed by atoms with Gasteiger partial charge in [-0.15, -0.1) is 12.4 Å². The van der Waals surface area contributed by atoms with Crippen molar-refractivity contribution < 1.29 is 8.42 Å². The molecule has 2 heterocycles. The third kappa shape index (κ3) is 3.61. The van der Waals surface area contributed by atoms with E-state index in [1.807, 2.05) is 6.92 Å². The molecule has 110 valence electrons. The van der Waals surface area contributed by atoms with E-state index < -0.39 is 10.0 Å². The molecule has 0 bridgehead atoms. The van der Waals surface area contributed by atoms with E-state index in [9.17, 15) is 8.42 Å². The largest absolute Gasteiger partial charge is 0.313 e. The van der Waals surface area contributed by atoms with E-state index >= 15 is 0 Å². The summed E-state index contributed by atoms with van der Waals surface area (Å²) in [6, 6.07) is -0.00440. The molecule has 1 aromatic heterocycles. The molecule has 1 aromatic rings. The molecule has 2 atom stereocenters. The van der Waals surface area contributed by atoms with E-state index in [0.29, 0.717) is 0 Å². The minimum absolute atomic E-state index is 0. The van der Waals surface area contributed by atoms with Gasteiger partial charge in [0.15, 0.2) is 5.03 Å². The first-order valence-electron chi connectivity index (χ1n) is 5.85. The van der Waals surface area contributed by atoms with Crippen LogP contribution in [0, 0.1) is 0 Å². The van der Waals surface area contributed by atoms with E-state index in [2.05, 4.69) is 15.1 Å². The van der Waals surface area contributed by atoms with Crippen molar-refractivity contribution in [2.24, 2.45) is 7.05 Å². The van der Waals surface area contributed by atoms with Crippen LogP contribution in [-0.2, 0) is 17.1 Å². The number of sulfonamides is 1. The minimum atomic E-state index is -3.63. The number of aromatic nitrogens is 2. The second kappa shape index (κ2) is 6.41. The molecule has 0 radical (unpaired) electrons. The van der Waals surface area contributed by atoms with Crippen molar-refractivity contribution in [1.29, 1.82) is 0 Å². The molecule has 1 aliphatic rings. The van der Waals surface area contributed by atoms with Gasteiger partial charge in [-0.25, -0.2) is 13.1 Å². The molecule has 19 heavy (non-hydrogen) atoms. The molecule has 0 amide bonds. The van der Waals surface area contributed by atoms with Gasteiger partial charge in [-0.1, -0.05) is 11.6 Å². The maximum atomic E-state index is 12.3. The van der Waals surface area contributed by atoms with Crippen LogP contribution in [0.25, 0.3) is 0 Å². The van der Waals surface area contributed by atoms with Crippen LogP contribution >= 0.6 is 24.0 Å². The van der Waals surface area contributed by atoms with Crippen LogP contribution in [0.3, 0.4) is 0 Å². The fourth-order valence-corrected chi connectivity index (χ4v) is 4.17. The Labute approximate surface area is 124 Å². The first kappa shape index (κ1) is 16.7. The highest BCUT2D eigenvalue weighted by Gasteiger charge is 2.29. The first-order chi connectivity index (χ1) is 8.42. The summed E-state index contributed by atoms with van der Waals surface area (Å²) < 4.78 is 28.5. The Kier molecular flexibility index (Phi) is 5.64. The molecule has 0 spiro atoms. The molecular formula is C10H18Cl2N4O2S. The zero-order valence-electron chi connectivity index (χ0n) is 10.8. The van der Waals surface area contributed by atoms with Crippen molar-refractivity contribution in [2.75, 3.05) is 6.54 Å². The van der Waals surface area contributed by atoms with E-state index in [1.54, 1.807) is 7.05 Å². The van der Waals surface area contributed by atoms with Crippen LogP contribution in [-0.4, -0.2) is 36.8 Å². The van der Waals surface area contributed by atoms with Gasteiger partial charge < -0.3 is 5.32 Å². The summed E-state index contributed by atoms with van der Waals surface area (Å²) in [5.41, 5.74) is 0. The maximum Gasteiger partial charge on any atom is 0.259 e. The topological polar surface area (TPSA) is 76.0 Å². The molecule has 2 N–H and O–H groups in total. The van der Waals surface area contributed by atoms with Crippen molar-refractivity contribution in [1.82, 2.24) is 19.8 Å². The molecule has 0 aromatic carbocycles. The van der Waals surface area contributed by atoms with Gasteiger partial charge in [0.25, 0.3) is 10.0 Å². The highest BCUT2D eigenvalue weighted by molar-refractivity contribution is 7.89. The molecular weight excluding hydrogens is 311 g/mol. The first-order valence-corrected chi connectivity index (χ1v) is 7.71. The number of aryl methyl sites for hydroxylation is 1. The van der Waals surface area contributed by atoms with Crippen LogP contribution < -0.4 is 10.0 Å². The Morgan fingerprint density at radius 2 is 2.26 bits per heavy atom. The summed E-state index contributed by atoms with van der Waals surface area (Å²) in [6.45, 7) is 2.89. The predicted octanol–water partition coefficient (Wildman–Crippen LogP) is 0.914. The molecule has 1 aliphatic heterocycles. The number of rotatable bonds is 3. The lowest BCUT2D eigenvalue weighted by molar-refractivity contribution is 0.348. The van der Waals surface area contributed by atoms with Gasteiger partial charge >= 0.3 is 0 Å². The zero-order chi connectivity index (χ0) is 13.3. The number of hydrogen-bond donors (Lipinski definition) is 2. The van der Waals surface area contributed by atoms with Gasteiger partial charge in [0, 0.05) is 19.1 Å². The van der Waals surface area contributed by atoms with Crippen LogP contribution in [0.2, 0.25) is 5.02 Å². The summed E-state index contributed by atoms with van der Waals surface area (Å²) >= 11 is 5.87. The molecule has 6 nitrogen and oxygen atoms in total. The Balaban J connectivity index is 0.00000180. The molecule has 0 aliphatic carbocycles. The Morgan fingerprint density at radius 1 is 1.58 bits per heavy atom. The molecule has 1 fully saturated rings. The van der Waals surface area contributed by atoms with Gasteiger partial charge in [0.05, 0.1) is 11.2 Å². The molecule has 1 saturated heterocycles. The lowest BCUT2D eigenvalue weighted by atomic mass is 10.0.